The van der Waals surface area contributed by atoms with Crippen LogP contribution in [-0.4, -0.2) is 78.8 Å². The second-order valence-electron chi connectivity index (χ2n) is 11.1. The third-order valence-electron chi connectivity index (χ3n) is 8.09. The van der Waals surface area contributed by atoms with Gasteiger partial charge in [0, 0.05) is 68.1 Å². The van der Waals surface area contributed by atoms with Gasteiger partial charge in [0.1, 0.15) is 5.57 Å². The van der Waals surface area contributed by atoms with Crippen molar-refractivity contribution in [1.82, 2.24) is 25.4 Å². The summed E-state index contributed by atoms with van der Waals surface area (Å²) in [5.41, 5.74) is 3.70. The van der Waals surface area contributed by atoms with Crippen LogP contribution < -0.4 is 20.7 Å². The van der Waals surface area contributed by atoms with Gasteiger partial charge in [-0.05, 0) is 18.6 Å². The fraction of sp³-hybridized carbons (Fsp3) is 0.312. The second-order valence-corrected chi connectivity index (χ2v) is 11.9. The van der Waals surface area contributed by atoms with Crippen LogP contribution in [0.1, 0.15) is 18.4 Å². The van der Waals surface area contributed by atoms with Crippen LogP contribution in [0, 0.1) is 0 Å². The number of epoxide rings is 1. The number of hydrogen-bond acceptors (Lipinski definition) is 8. The molecule has 4 heterocycles. The van der Waals surface area contributed by atoms with E-state index in [1.165, 1.54) is 11.1 Å². The van der Waals surface area contributed by atoms with Gasteiger partial charge in [-0.15, -0.1) is 0 Å². The number of amides is 3. The Hall–Kier alpha value is -4.16. The molecule has 2 aromatic carbocycles. The van der Waals surface area contributed by atoms with Gasteiger partial charge in [-0.25, -0.2) is 4.98 Å². The number of likely N-dealkylation sites (N-methyl/N-ethyl adjacent to an activating group) is 2. The molecule has 234 valence electrons. The highest BCUT2D eigenvalue weighted by atomic mass is 35.5. The van der Waals surface area contributed by atoms with Crippen molar-refractivity contribution in [2.45, 2.75) is 37.9 Å². The van der Waals surface area contributed by atoms with Crippen LogP contribution in [0.15, 0.2) is 60.3 Å². The van der Waals surface area contributed by atoms with Crippen LogP contribution in [0.4, 0.5) is 5.69 Å². The molecule has 3 aliphatic heterocycles. The van der Waals surface area contributed by atoms with Crippen molar-refractivity contribution in [3.05, 3.63) is 75.9 Å². The van der Waals surface area contributed by atoms with E-state index in [-0.39, 0.29) is 35.0 Å². The highest BCUT2D eigenvalue weighted by molar-refractivity contribution is 6.40. The predicted octanol–water partition coefficient (Wildman–Crippen LogP) is 4.01. The minimum absolute atomic E-state index is 0.0266. The standard InChI is InChI=1S/C32H32Cl2N6O5/c1-39-16-22(30(43)40(2)32-31(39)45-32)28(42)37-24-9-5-7-20(27(24)34)19-6-4-8-21(26(19)33)23-12-10-17(29(38-23)44-3)14-35-15-18-11-13-25(41)36-18/h4-10,12,16,18,31-32,35H,11,13-15H2,1-3H3,(H,36,41)(H,37,42)/t18-,31?,32?/m0/s1. The summed E-state index contributed by atoms with van der Waals surface area (Å²) < 4.78 is 11.1. The zero-order chi connectivity index (χ0) is 31.8. The SMILES string of the molecule is COc1nc(-c2cccc(-c3cccc(NC(=O)C4=CN(C)C5OC5N(C)C4=O)c3Cl)c2Cl)ccc1CNC[C@@H]1CCC(=O)N1. The number of halogens is 2. The molecule has 11 nitrogen and oxygen atoms in total. The Morgan fingerprint density at radius 3 is 2.51 bits per heavy atom. The molecule has 0 bridgehead atoms. The Bertz CT molecular complexity index is 1720. The van der Waals surface area contributed by atoms with Crippen LogP contribution in [0.3, 0.4) is 0 Å². The third kappa shape index (κ3) is 6.21. The number of anilines is 1. The number of hydrogen-bond donors (Lipinski definition) is 3. The molecule has 3 aliphatic rings. The molecule has 13 heteroatoms. The van der Waals surface area contributed by atoms with Gasteiger partial charge in [0.15, 0.2) is 12.5 Å². The highest BCUT2D eigenvalue weighted by Gasteiger charge is 2.50. The fourth-order valence-electron chi connectivity index (χ4n) is 5.58. The van der Waals surface area contributed by atoms with Gasteiger partial charge in [-0.2, -0.15) is 0 Å². The Balaban J connectivity index is 1.22. The number of carbonyl (C=O) groups is 3. The molecular weight excluding hydrogens is 619 g/mol. The van der Waals surface area contributed by atoms with E-state index in [1.54, 1.807) is 44.3 Å². The smallest absolute Gasteiger partial charge is 0.262 e. The Morgan fingerprint density at radius 2 is 1.78 bits per heavy atom. The maximum Gasteiger partial charge on any atom is 0.262 e. The van der Waals surface area contributed by atoms with E-state index >= 15 is 0 Å². The average molecular weight is 652 g/mol. The van der Waals surface area contributed by atoms with Crippen LogP contribution in [0.25, 0.3) is 22.4 Å². The van der Waals surface area contributed by atoms with E-state index in [9.17, 15) is 14.4 Å². The minimum atomic E-state index is -0.585. The normalized spacial score (nSPS) is 20.7. The molecule has 3 amide bonds. The lowest BCUT2D eigenvalue weighted by atomic mass is 10.00. The van der Waals surface area contributed by atoms with Gasteiger partial charge >= 0.3 is 0 Å². The summed E-state index contributed by atoms with van der Waals surface area (Å²) in [4.78, 5) is 45.5. The molecule has 2 unspecified atom stereocenters. The van der Waals surface area contributed by atoms with Crippen LogP contribution in [0.2, 0.25) is 10.0 Å². The number of ether oxygens (including phenoxy) is 2. The lowest BCUT2D eigenvalue weighted by molar-refractivity contribution is -0.129. The summed E-state index contributed by atoms with van der Waals surface area (Å²) in [5, 5.41) is 9.79. The molecule has 45 heavy (non-hydrogen) atoms. The van der Waals surface area contributed by atoms with Crippen molar-refractivity contribution in [2.75, 3.05) is 33.1 Å². The number of methoxy groups -OCH3 is 1. The Kier molecular flexibility index (Phi) is 8.69. The first-order valence-corrected chi connectivity index (χ1v) is 15.2. The number of pyridine rings is 1. The van der Waals surface area contributed by atoms with E-state index in [2.05, 4.69) is 16.0 Å². The lowest BCUT2D eigenvalue weighted by Gasteiger charge is -2.17. The molecule has 0 aliphatic carbocycles. The first kappa shape index (κ1) is 30.8. The average Bonchev–Trinajstić information content (AvgIpc) is 3.75. The summed E-state index contributed by atoms with van der Waals surface area (Å²) in [5.74, 6) is -0.487. The molecule has 0 radical (unpaired) electrons. The van der Waals surface area contributed by atoms with E-state index in [1.807, 2.05) is 30.3 Å². The van der Waals surface area contributed by atoms with Gasteiger partial charge < -0.3 is 35.2 Å². The van der Waals surface area contributed by atoms with Crippen molar-refractivity contribution >= 4 is 46.6 Å². The van der Waals surface area contributed by atoms with E-state index in [4.69, 9.17) is 37.7 Å². The van der Waals surface area contributed by atoms with Crippen molar-refractivity contribution in [3.63, 3.8) is 0 Å². The summed E-state index contributed by atoms with van der Waals surface area (Å²) in [6, 6.07) is 14.7. The molecule has 3 atom stereocenters. The molecule has 2 fully saturated rings. The molecular formula is C32H32Cl2N6O5. The largest absolute Gasteiger partial charge is 0.481 e. The van der Waals surface area contributed by atoms with Gasteiger partial charge in [0.25, 0.3) is 11.8 Å². The van der Waals surface area contributed by atoms with E-state index in [0.29, 0.717) is 58.5 Å². The van der Waals surface area contributed by atoms with Gasteiger partial charge in [0.05, 0.1) is 28.5 Å². The number of fused-ring (bicyclic) bond motifs is 1. The topological polar surface area (TPSA) is 128 Å². The van der Waals surface area contributed by atoms with Crippen molar-refractivity contribution in [1.29, 1.82) is 0 Å². The Morgan fingerprint density at radius 1 is 1.04 bits per heavy atom. The molecule has 1 aromatic heterocycles. The maximum absolute atomic E-state index is 13.3. The molecule has 3 aromatic rings. The van der Waals surface area contributed by atoms with E-state index in [0.717, 1.165) is 12.0 Å². The highest BCUT2D eigenvalue weighted by Crippen LogP contribution is 2.41. The maximum atomic E-state index is 13.3. The molecule has 6 rings (SSSR count). The molecule has 3 N–H and O–H groups in total. The van der Waals surface area contributed by atoms with Crippen molar-refractivity contribution < 1.29 is 23.9 Å². The molecule has 0 spiro atoms. The predicted molar refractivity (Wildman–Crippen MR) is 170 cm³/mol. The van der Waals surface area contributed by atoms with E-state index < -0.39 is 11.8 Å². The number of aromatic nitrogens is 1. The molecule has 2 saturated heterocycles. The lowest BCUT2D eigenvalue weighted by Crippen LogP contribution is -2.35. The zero-order valence-electron chi connectivity index (χ0n) is 24.9. The van der Waals surface area contributed by atoms with Crippen LogP contribution in [0.5, 0.6) is 5.88 Å². The number of nitrogens with zero attached hydrogens (tertiary/aromatic N) is 3. The quantitative estimate of drug-likeness (QED) is 0.234. The van der Waals surface area contributed by atoms with Crippen molar-refractivity contribution in [3.8, 4) is 28.3 Å². The van der Waals surface area contributed by atoms with Crippen molar-refractivity contribution in [2.24, 2.45) is 0 Å². The minimum Gasteiger partial charge on any atom is -0.481 e. The number of benzene rings is 2. The number of nitrogens with one attached hydrogen (secondary N) is 3. The summed E-state index contributed by atoms with van der Waals surface area (Å²) in [7, 11) is 4.92. The van der Waals surface area contributed by atoms with Crippen LogP contribution >= 0.6 is 23.2 Å². The van der Waals surface area contributed by atoms with Gasteiger partial charge in [0.2, 0.25) is 11.8 Å². The fourth-order valence-corrected chi connectivity index (χ4v) is 6.18. The molecule has 0 saturated carbocycles. The third-order valence-corrected chi connectivity index (χ3v) is 8.91. The zero-order valence-corrected chi connectivity index (χ0v) is 26.4. The van der Waals surface area contributed by atoms with Gasteiger partial charge in [-0.3, -0.25) is 14.4 Å². The summed E-state index contributed by atoms with van der Waals surface area (Å²) in [6.45, 7) is 1.18. The Labute approximate surface area is 270 Å². The summed E-state index contributed by atoms with van der Waals surface area (Å²) in [6.07, 6.45) is 2.20. The first-order chi connectivity index (χ1) is 21.7. The van der Waals surface area contributed by atoms with Crippen LogP contribution in [-0.2, 0) is 25.7 Å². The monoisotopic (exact) mass is 650 g/mol. The number of carbonyl (C=O) groups excluding carboxylic acids is 3. The number of rotatable bonds is 9. The second kappa shape index (κ2) is 12.7. The van der Waals surface area contributed by atoms with Gasteiger partial charge in [-0.1, -0.05) is 59.6 Å². The first-order valence-electron chi connectivity index (χ1n) is 14.5. The summed E-state index contributed by atoms with van der Waals surface area (Å²) >= 11 is 13.8.